The first kappa shape index (κ1) is 24.3. The van der Waals surface area contributed by atoms with Crippen molar-refractivity contribution in [1.82, 2.24) is 0 Å². The molecule has 180 valence electrons. The number of benzene rings is 3. The minimum atomic E-state index is -0.984. The summed E-state index contributed by atoms with van der Waals surface area (Å²) in [7, 11) is 0. The Bertz CT molecular complexity index is 1070. The molecule has 0 bridgehead atoms. The Kier molecular flexibility index (Phi) is 7.60. The second kappa shape index (κ2) is 10.6. The van der Waals surface area contributed by atoms with Gasteiger partial charge in [-0.05, 0) is 97.7 Å². The van der Waals surface area contributed by atoms with E-state index in [1.165, 1.54) is 17.7 Å². The molecule has 3 aromatic carbocycles. The van der Waals surface area contributed by atoms with Gasteiger partial charge < -0.3 is 4.74 Å². The van der Waals surface area contributed by atoms with E-state index in [9.17, 15) is 17.6 Å². The maximum absolute atomic E-state index is 15.0. The van der Waals surface area contributed by atoms with Gasteiger partial charge in [0.15, 0.2) is 17.4 Å². The van der Waals surface area contributed by atoms with Gasteiger partial charge in [0.05, 0.1) is 12.2 Å². The molecule has 1 saturated carbocycles. The zero-order chi connectivity index (χ0) is 24.2. The van der Waals surface area contributed by atoms with Crippen LogP contribution in [-0.4, -0.2) is 6.61 Å². The quantitative estimate of drug-likeness (QED) is 0.314. The Morgan fingerprint density at radius 3 is 1.97 bits per heavy atom. The van der Waals surface area contributed by atoms with Gasteiger partial charge in [0.2, 0.25) is 0 Å². The molecule has 0 heterocycles. The predicted molar refractivity (Wildman–Crippen MR) is 127 cm³/mol. The second-order valence-corrected chi connectivity index (χ2v) is 9.33. The van der Waals surface area contributed by atoms with Crippen LogP contribution < -0.4 is 4.74 Å². The summed E-state index contributed by atoms with van der Waals surface area (Å²) in [6.45, 7) is 3.93. The Balaban J connectivity index is 1.46. The number of hydrogen-bond donors (Lipinski definition) is 0. The summed E-state index contributed by atoms with van der Waals surface area (Å²) < 4.78 is 63.4. The van der Waals surface area contributed by atoms with Gasteiger partial charge >= 0.3 is 0 Å². The molecule has 4 rings (SSSR count). The summed E-state index contributed by atoms with van der Waals surface area (Å²) in [6, 6.07) is 14.9. The normalized spacial score (nSPS) is 19.1. The van der Waals surface area contributed by atoms with Crippen LogP contribution in [0.4, 0.5) is 17.6 Å². The van der Waals surface area contributed by atoms with Gasteiger partial charge in [-0.3, -0.25) is 0 Å². The summed E-state index contributed by atoms with van der Waals surface area (Å²) in [5, 5.41) is 0. The molecular formula is C29H30F4O. The van der Waals surface area contributed by atoms with Crippen molar-refractivity contribution in [3.63, 3.8) is 0 Å². The molecule has 1 fully saturated rings. The Morgan fingerprint density at radius 1 is 0.824 bits per heavy atom. The van der Waals surface area contributed by atoms with Crippen molar-refractivity contribution in [2.24, 2.45) is 5.92 Å². The number of ether oxygens (including phenoxy) is 1. The van der Waals surface area contributed by atoms with E-state index in [1.807, 2.05) is 6.07 Å². The zero-order valence-electron chi connectivity index (χ0n) is 19.6. The predicted octanol–water partition coefficient (Wildman–Crippen LogP) is 8.78. The molecule has 0 N–H and O–H groups in total. The fourth-order valence-electron chi connectivity index (χ4n) is 5.24. The molecular weight excluding hydrogens is 440 g/mol. The van der Waals surface area contributed by atoms with Gasteiger partial charge in [-0.15, -0.1) is 0 Å². The van der Waals surface area contributed by atoms with E-state index in [2.05, 4.69) is 31.2 Å². The van der Waals surface area contributed by atoms with Crippen molar-refractivity contribution in [3.05, 3.63) is 89.0 Å². The lowest BCUT2D eigenvalue weighted by molar-refractivity contribution is 0.296. The largest absolute Gasteiger partial charge is 0.488 e. The summed E-state index contributed by atoms with van der Waals surface area (Å²) >= 11 is 0. The third-order valence-electron chi connectivity index (χ3n) is 7.01. The number of hydrogen-bond acceptors (Lipinski definition) is 1. The number of rotatable bonds is 7. The van der Waals surface area contributed by atoms with Gasteiger partial charge in [-0.25, -0.2) is 17.6 Å². The van der Waals surface area contributed by atoms with Crippen LogP contribution in [-0.2, 0) is 0 Å². The molecule has 1 aliphatic carbocycles. The smallest absolute Gasteiger partial charge is 0.190 e. The average Bonchev–Trinajstić information content (AvgIpc) is 2.82. The summed E-state index contributed by atoms with van der Waals surface area (Å²) in [5.41, 5.74) is 1.35. The Hall–Kier alpha value is -2.82. The SMILES string of the molecule is CCOc1c(F)cc(-c2c(F)cc(C3CCC(C[C@H](C)c4ccccc4)CC3)cc2F)cc1F. The highest BCUT2D eigenvalue weighted by molar-refractivity contribution is 5.66. The van der Waals surface area contributed by atoms with Gasteiger partial charge in [0.1, 0.15) is 11.6 Å². The van der Waals surface area contributed by atoms with Crippen LogP contribution in [0.3, 0.4) is 0 Å². The van der Waals surface area contributed by atoms with Gasteiger partial charge in [-0.2, -0.15) is 0 Å². The molecule has 0 spiro atoms. The van der Waals surface area contributed by atoms with Crippen LogP contribution in [0, 0.1) is 29.2 Å². The van der Waals surface area contributed by atoms with Crippen LogP contribution in [0.15, 0.2) is 54.6 Å². The molecule has 1 aliphatic rings. The summed E-state index contributed by atoms with van der Waals surface area (Å²) in [4.78, 5) is 0. The molecule has 0 saturated heterocycles. The van der Waals surface area contributed by atoms with Crippen molar-refractivity contribution in [1.29, 1.82) is 0 Å². The van der Waals surface area contributed by atoms with Gasteiger partial charge in [0, 0.05) is 0 Å². The molecule has 0 amide bonds. The van der Waals surface area contributed by atoms with Crippen molar-refractivity contribution in [2.45, 2.75) is 57.8 Å². The maximum atomic E-state index is 15.0. The third-order valence-corrected chi connectivity index (χ3v) is 7.01. The molecule has 1 atom stereocenters. The Morgan fingerprint density at radius 2 is 1.41 bits per heavy atom. The van der Waals surface area contributed by atoms with E-state index in [0.717, 1.165) is 44.2 Å². The van der Waals surface area contributed by atoms with Crippen LogP contribution >= 0.6 is 0 Å². The molecule has 0 radical (unpaired) electrons. The molecule has 1 nitrogen and oxygen atoms in total. The highest BCUT2D eigenvalue weighted by atomic mass is 19.1. The lowest BCUT2D eigenvalue weighted by Gasteiger charge is -2.30. The fraction of sp³-hybridized carbons (Fsp3) is 0.379. The topological polar surface area (TPSA) is 9.23 Å². The first-order chi connectivity index (χ1) is 16.4. The van der Waals surface area contributed by atoms with Crippen molar-refractivity contribution in [2.75, 3.05) is 6.61 Å². The fourth-order valence-corrected chi connectivity index (χ4v) is 5.24. The first-order valence-corrected chi connectivity index (χ1v) is 12.0. The van der Waals surface area contributed by atoms with E-state index < -0.39 is 34.6 Å². The Labute approximate surface area is 198 Å². The van der Waals surface area contributed by atoms with E-state index >= 15 is 0 Å². The first-order valence-electron chi connectivity index (χ1n) is 12.0. The molecule has 3 aromatic rings. The molecule has 0 aromatic heterocycles. The molecule has 0 aliphatic heterocycles. The van der Waals surface area contributed by atoms with E-state index in [1.54, 1.807) is 6.92 Å². The zero-order valence-corrected chi connectivity index (χ0v) is 19.6. The van der Waals surface area contributed by atoms with Gasteiger partial charge in [0.25, 0.3) is 0 Å². The highest BCUT2D eigenvalue weighted by Crippen LogP contribution is 2.41. The summed E-state index contributed by atoms with van der Waals surface area (Å²) in [5.74, 6) is -2.97. The highest BCUT2D eigenvalue weighted by Gasteiger charge is 2.26. The lowest BCUT2D eigenvalue weighted by Crippen LogP contribution is -2.15. The lowest BCUT2D eigenvalue weighted by atomic mass is 9.75. The van der Waals surface area contributed by atoms with E-state index in [4.69, 9.17) is 4.74 Å². The third kappa shape index (κ3) is 5.29. The van der Waals surface area contributed by atoms with Crippen molar-refractivity contribution < 1.29 is 22.3 Å². The summed E-state index contributed by atoms with van der Waals surface area (Å²) in [6.07, 6.45) is 4.88. The molecule has 0 unspecified atom stereocenters. The van der Waals surface area contributed by atoms with Crippen LogP contribution in [0.25, 0.3) is 11.1 Å². The maximum Gasteiger partial charge on any atom is 0.190 e. The van der Waals surface area contributed by atoms with Crippen LogP contribution in [0.1, 0.15) is 68.9 Å². The van der Waals surface area contributed by atoms with E-state index in [-0.39, 0.29) is 18.1 Å². The van der Waals surface area contributed by atoms with Crippen molar-refractivity contribution in [3.8, 4) is 16.9 Å². The molecule has 34 heavy (non-hydrogen) atoms. The minimum absolute atomic E-state index is 0.0788. The standard InChI is InChI=1S/C29H30F4O/c1-3-34-29-26(32)16-23(17-27(29)33)28-24(30)14-22(15-25(28)31)21-11-9-19(10-12-21)13-18(2)20-7-5-4-6-8-20/h4-8,14-19,21H,3,9-13H2,1-2H3/t18-,19?,21?/m0/s1. The monoisotopic (exact) mass is 470 g/mol. The van der Waals surface area contributed by atoms with Crippen molar-refractivity contribution >= 4 is 0 Å². The minimum Gasteiger partial charge on any atom is -0.488 e. The average molecular weight is 471 g/mol. The van der Waals surface area contributed by atoms with Crippen LogP contribution in [0.5, 0.6) is 5.75 Å². The second-order valence-electron chi connectivity index (χ2n) is 9.33. The van der Waals surface area contributed by atoms with Crippen LogP contribution in [0.2, 0.25) is 0 Å². The molecule has 5 heteroatoms. The van der Waals surface area contributed by atoms with Gasteiger partial charge in [-0.1, -0.05) is 37.3 Å². The number of halogens is 4. The van der Waals surface area contributed by atoms with E-state index in [0.29, 0.717) is 17.4 Å².